The largest absolute Gasteiger partial charge is 0.353 e. The van der Waals surface area contributed by atoms with Gasteiger partial charge in [-0.15, -0.1) is 0 Å². The molecule has 6 heteroatoms. The molecule has 0 aromatic heterocycles. The zero-order valence-corrected chi connectivity index (χ0v) is 24.2. The van der Waals surface area contributed by atoms with E-state index in [-0.39, 0.29) is 48.6 Å². The molecule has 3 fully saturated rings. The van der Waals surface area contributed by atoms with E-state index < -0.39 is 12.6 Å². The van der Waals surface area contributed by atoms with Crippen LogP contribution in [0.3, 0.4) is 0 Å². The molecule has 15 atom stereocenters. The van der Waals surface area contributed by atoms with E-state index in [1.807, 2.05) is 0 Å². The number of hydrogen-bond donors (Lipinski definition) is 0. The summed E-state index contributed by atoms with van der Waals surface area (Å²) >= 11 is 0. The Morgan fingerprint density at radius 3 is 1.29 bits per heavy atom. The number of rotatable bonds is 8. The average Bonchev–Trinajstić information content (AvgIpc) is 2.86. The van der Waals surface area contributed by atoms with Crippen LogP contribution in [0, 0.1) is 41.4 Å². The molecule has 206 valence electrons. The van der Waals surface area contributed by atoms with Gasteiger partial charge in [-0.25, -0.2) is 0 Å². The molecular weight excluding hydrogens is 444 g/mol. The Morgan fingerprint density at radius 1 is 0.457 bits per heavy atom. The summed E-state index contributed by atoms with van der Waals surface area (Å²) in [7, 11) is 1.71. The van der Waals surface area contributed by atoms with E-state index in [0.29, 0.717) is 29.6 Å². The van der Waals surface area contributed by atoms with Crippen molar-refractivity contribution in [2.24, 2.45) is 41.4 Å². The third-order valence-corrected chi connectivity index (χ3v) is 10.0. The monoisotopic (exact) mass is 498 g/mol. The first kappa shape index (κ1) is 29.3. The van der Waals surface area contributed by atoms with Crippen molar-refractivity contribution in [2.45, 2.75) is 138 Å². The van der Waals surface area contributed by atoms with Crippen molar-refractivity contribution in [3.63, 3.8) is 0 Å². The van der Waals surface area contributed by atoms with Crippen LogP contribution < -0.4 is 0 Å². The van der Waals surface area contributed by atoms with Gasteiger partial charge < -0.3 is 28.4 Å². The lowest BCUT2D eigenvalue weighted by Crippen LogP contribution is -2.59. The quantitative estimate of drug-likeness (QED) is 0.394. The maximum Gasteiger partial charge on any atom is 0.185 e. The number of ether oxygens (including phenoxy) is 6. The van der Waals surface area contributed by atoms with Crippen molar-refractivity contribution >= 4 is 0 Å². The molecular formula is C29H54O6. The summed E-state index contributed by atoms with van der Waals surface area (Å²) in [6, 6.07) is 0. The van der Waals surface area contributed by atoms with Gasteiger partial charge in [0, 0.05) is 13.0 Å². The molecule has 0 aromatic carbocycles. The fraction of sp³-hybridized carbons (Fsp3) is 1.00. The zero-order chi connectivity index (χ0) is 26.0. The van der Waals surface area contributed by atoms with E-state index in [1.54, 1.807) is 7.11 Å². The van der Waals surface area contributed by atoms with Crippen LogP contribution in [0.2, 0.25) is 0 Å². The second-order valence-electron chi connectivity index (χ2n) is 11.8. The second-order valence-corrected chi connectivity index (χ2v) is 11.8. The lowest BCUT2D eigenvalue weighted by molar-refractivity contribution is -0.368. The first-order chi connectivity index (χ1) is 16.6. The Morgan fingerprint density at radius 2 is 0.829 bits per heavy atom. The summed E-state index contributed by atoms with van der Waals surface area (Å²) in [6.45, 7) is 22.5. The molecule has 0 radical (unpaired) electrons. The van der Waals surface area contributed by atoms with Crippen molar-refractivity contribution in [1.29, 1.82) is 0 Å². The molecule has 0 spiro atoms. The fourth-order valence-electron chi connectivity index (χ4n) is 6.55. The van der Waals surface area contributed by atoms with Gasteiger partial charge in [-0.1, -0.05) is 69.2 Å². The molecule has 0 bridgehead atoms. The Kier molecular flexibility index (Phi) is 10.5. The lowest BCUT2D eigenvalue weighted by atomic mass is 9.78. The molecule has 3 heterocycles. The highest BCUT2D eigenvalue weighted by atomic mass is 16.8. The topological polar surface area (TPSA) is 55.4 Å². The number of hydrogen-bond acceptors (Lipinski definition) is 6. The minimum Gasteiger partial charge on any atom is -0.353 e. The molecule has 3 aliphatic rings. The first-order valence-corrected chi connectivity index (χ1v) is 14.4. The van der Waals surface area contributed by atoms with Gasteiger partial charge >= 0.3 is 0 Å². The third kappa shape index (κ3) is 5.93. The molecule has 0 aliphatic carbocycles. The van der Waals surface area contributed by atoms with E-state index in [1.165, 1.54) is 0 Å². The molecule has 3 saturated heterocycles. The average molecular weight is 499 g/mol. The van der Waals surface area contributed by atoms with Crippen LogP contribution >= 0.6 is 0 Å². The maximum atomic E-state index is 6.84. The highest BCUT2D eigenvalue weighted by Crippen LogP contribution is 2.42. The lowest BCUT2D eigenvalue weighted by Gasteiger charge is -2.51. The van der Waals surface area contributed by atoms with Gasteiger partial charge in [0.1, 0.15) is 12.2 Å². The van der Waals surface area contributed by atoms with Gasteiger partial charge in [-0.2, -0.15) is 0 Å². The van der Waals surface area contributed by atoms with E-state index >= 15 is 0 Å². The summed E-state index contributed by atoms with van der Waals surface area (Å²) < 4.78 is 38.9. The predicted molar refractivity (Wildman–Crippen MR) is 138 cm³/mol. The van der Waals surface area contributed by atoms with Crippen LogP contribution in [0.4, 0.5) is 0 Å². The zero-order valence-electron chi connectivity index (χ0n) is 24.2. The van der Waals surface area contributed by atoms with Gasteiger partial charge in [-0.05, 0) is 54.8 Å². The normalized spacial score (nSPS) is 51.3. The van der Waals surface area contributed by atoms with Crippen molar-refractivity contribution < 1.29 is 28.4 Å². The van der Waals surface area contributed by atoms with Crippen molar-refractivity contribution in [3.05, 3.63) is 0 Å². The minimum absolute atomic E-state index is 0.128. The van der Waals surface area contributed by atoms with E-state index in [9.17, 15) is 0 Å². The van der Waals surface area contributed by atoms with Crippen LogP contribution in [0.5, 0.6) is 0 Å². The second kappa shape index (κ2) is 12.5. The Hall–Kier alpha value is -0.240. The maximum absolute atomic E-state index is 6.84. The minimum atomic E-state index is -0.490. The smallest absolute Gasteiger partial charge is 0.185 e. The Labute approximate surface area is 215 Å². The third-order valence-electron chi connectivity index (χ3n) is 10.0. The van der Waals surface area contributed by atoms with Crippen LogP contribution in [0.1, 0.15) is 88.5 Å². The Bertz CT molecular complexity index is 641. The summed E-state index contributed by atoms with van der Waals surface area (Å²) in [4.78, 5) is 0. The summed E-state index contributed by atoms with van der Waals surface area (Å²) in [5, 5.41) is 0. The highest BCUT2D eigenvalue weighted by Gasteiger charge is 2.50. The van der Waals surface area contributed by atoms with Gasteiger partial charge in [0.2, 0.25) is 0 Å². The predicted octanol–water partition coefficient (Wildman–Crippen LogP) is 6.26. The molecule has 0 N–H and O–H groups in total. The molecule has 0 aromatic rings. The fourth-order valence-corrected chi connectivity index (χ4v) is 6.55. The first-order valence-electron chi connectivity index (χ1n) is 14.4. The number of methoxy groups -OCH3 is 1. The van der Waals surface area contributed by atoms with Crippen LogP contribution in [-0.2, 0) is 28.4 Å². The van der Waals surface area contributed by atoms with Crippen molar-refractivity contribution in [3.8, 4) is 0 Å². The van der Waals surface area contributed by atoms with E-state index in [4.69, 9.17) is 28.4 Å². The molecule has 6 nitrogen and oxygen atoms in total. The summed E-state index contributed by atoms with van der Waals surface area (Å²) in [5.41, 5.74) is 0. The van der Waals surface area contributed by atoms with E-state index in [0.717, 1.165) is 19.3 Å². The molecule has 35 heavy (non-hydrogen) atoms. The summed E-state index contributed by atoms with van der Waals surface area (Å²) in [5.74, 6) is 2.61. The summed E-state index contributed by atoms with van der Waals surface area (Å²) in [6.07, 6.45) is 1.79. The van der Waals surface area contributed by atoms with Gasteiger partial charge in [-0.3, -0.25) is 0 Å². The standard InChI is InChI=1S/C29H54O6/c1-12-22-16(5)15(4)21(10)27(31-22)34-26-20(9)18(7)24(14-3)33-29(26)35-25-19(8)17(6)23(13-2)32-28(25)30-11/h15-29H,12-14H2,1-11H3/t15-,16-,17-,18-,19-,20-,21?,22?,23?,24?,25?,26?,27+,28-,29+/m0/s1. The van der Waals surface area contributed by atoms with Gasteiger partial charge in [0.05, 0.1) is 18.3 Å². The molecule has 3 aliphatic heterocycles. The molecule has 0 saturated carbocycles. The van der Waals surface area contributed by atoms with Gasteiger partial charge in [0.15, 0.2) is 18.9 Å². The van der Waals surface area contributed by atoms with Crippen LogP contribution in [0.25, 0.3) is 0 Å². The Balaban J connectivity index is 1.84. The highest BCUT2D eigenvalue weighted by molar-refractivity contribution is 4.91. The van der Waals surface area contributed by atoms with Crippen molar-refractivity contribution in [2.75, 3.05) is 7.11 Å². The van der Waals surface area contributed by atoms with Crippen molar-refractivity contribution in [1.82, 2.24) is 0 Å². The van der Waals surface area contributed by atoms with E-state index in [2.05, 4.69) is 69.2 Å². The molecule has 3 rings (SSSR count). The molecule has 6 unspecified atom stereocenters. The SMILES string of the molecule is CCC1O[C@H](OC2[C@@H](OC3[C@@H](OC)OC(CC)[C@@H](C)[C@@H]3C)OC(CC)[C@@H](C)[C@@H]2C)C(C)[C@@H](C)[C@@H]1C. The van der Waals surface area contributed by atoms with Crippen LogP contribution in [0.15, 0.2) is 0 Å². The van der Waals surface area contributed by atoms with Gasteiger partial charge in [0.25, 0.3) is 0 Å². The van der Waals surface area contributed by atoms with Crippen LogP contribution in [-0.4, -0.2) is 56.5 Å². The molecule has 0 amide bonds.